The smallest absolute Gasteiger partial charge is 0.224 e. The summed E-state index contributed by atoms with van der Waals surface area (Å²) in [5.41, 5.74) is 6.93. The van der Waals surface area contributed by atoms with Crippen LogP contribution in [-0.4, -0.2) is 27.7 Å². The molecule has 5 rings (SSSR count). The van der Waals surface area contributed by atoms with E-state index in [-0.39, 0.29) is 18.0 Å². The minimum absolute atomic E-state index is 0.0733. The van der Waals surface area contributed by atoms with Crippen molar-refractivity contribution < 1.29 is 9.53 Å². The number of methoxy groups -OCH3 is 1. The number of amides is 1. The van der Waals surface area contributed by atoms with Gasteiger partial charge >= 0.3 is 0 Å². The van der Waals surface area contributed by atoms with Crippen LogP contribution in [0, 0.1) is 13.8 Å². The number of anilines is 2. The summed E-state index contributed by atoms with van der Waals surface area (Å²) < 4.78 is 7.93. The van der Waals surface area contributed by atoms with Gasteiger partial charge in [-0.1, -0.05) is 31.2 Å². The van der Waals surface area contributed by atoms with E-state index in [1.807, 2.05) is 61.5 Å². The molecule has 2 atom stereocenters. The number of hydrogen-bond donors (Lipinski definition) is 2. The van der Waals surface area contributed by atoms with Gasteiger partial charge in [-0.05, 0) is 74.1 Å². The molecule has 2 unspecified atom stereocenters. The van der Waals surface area contributed by atoms with E-state index in [0.717, 1.165) is 34.0 Å². The molecule has 2 N–H and O–H groups in total. The molecule has 0 bridgehead atoms. The molecule has 1 amide bonds. The zero-order valence-corrected chi connectivity index (χ0v) is 22.8. The van der Waals surface area contributed by atoms with Crippen LogP contribution in [0.4, 0.5) is 11.4 Å². The molecule has 0 spiro atoms. The molecule has 8 heteroatoms. The molecule has 0 saturated carbocycles. The van der Waals surface area contributed by atoms with Crippen LogP contribution in [0.3, 0.4) is 0 Å². The number of ether oxygens (including phenoxy) is 1. The molecule has 1 aliphatic heterocycles. The van der Waals surface area contributed by atoms with Crippen LogP contribution in [-0.2, 0) is 4.79 Å². The van der Waals surface area contributed by atoms with Crippen molar-refractivity contribution >= 4 is 34.6 Å². The number of hydrogen-bond acceptors (Lipinski definition) is 4. The number of nitrogens with zero attached hydrogens (tertiary/aromatic N) is 3. The van der Waals surface area contributed by atoms with Gasteiger partial charge in [-0.2, -0.15) is 0 Å². The average molecular weight is 526 g/mol. The number of carbonyl (C=O) groups excluding carboxylic acids is 1. The number of aryl methyl sites for hydroxylation is 1. The van der Waals surface area contributed by atoms with E-state index in [1.54, 1.807) is 13.3 Å². The minimum Gasteiger partial charge on any atom is -0.494 e. The lowest BCUT2D eigenvalue weighted by Crippen LogP contribution is -2.29. The first-order valence-corrected chi connectivity index (χ1v) is 13.1. The molecule has 1 aliphatic rings. The van der Waals surface area contributed by atoms with Crippen molar-refractivity contribution in [3.8, 4) is 11.4 Å². The van der Waals surface area contributed by atoms with Crippen LogP contribution in [0.5, 0.6) is 5.75 Å². The molecular formula is C30H31N5O2S. The SMILES string of the molecule is CCC(=O)Nc1ccc(N2C(=S)NC(c3ccccn3)C2c2cc(C)n(-c3ccccc3)c2C)cc1OC. The largest absolute Gasteiger partial charge is 0.494 e. The number of pyridine rings is 1. The van der Waals surface area contributed by atoms with E-state index in [4.69, 9.17) is 17.0 Å². The van der Waals surface area contributed by atoms with Crippen LogP contribution >= 0.6 is 12.2 Å². The lowest BCUT2D eigenvalue weighted by Gasteiger charge is -2.29. The first-order chi connectivity index (χ1) is 18.4. The van der Waals surface area contributed by atoms with Crippen molar-refractivity contribution in [1.29, 1.82) is 0 Å². The van der Waals surface area contributed by atoms with E-state index < -0.39 is 0 Å². The summed E-state index contributed by atoms with van der Waals surface area (Å²) >= 11 is 5.92. The van der Waals surface area contributed by atoms with Gasteiger partial charge in [0.1, 0.15) is 5.75 Å². The maximum Gasteiger partial charge on any atom is 0.224 e. The molecule has 7 nitrogen and oxygen atoms in total. The zero-order valence-electron chi connectivity index (χ0n) is 21.9. The zero-order chi connectivity index (χ0) is 26.8. The number of para-hydroxylation sites is 1. The number of thiocarbonyl (C=S) groups is 1. The Bertz CT molecular complexity index is 1470. The molecule has 38 heavy (non-hydrogen) atoms. The van der Waals surface area contributed by atoms with Gasteiger partial charge in [0.15, 0.2) is 5.11 Å². The monoisotopic (exact) mass is 525 g/mol. The molecule has 4 aromatic rings. The topological polar surface area (TPSA) is 71.4 Å². The molecule has 1 saturated heterocycles. The van der Waals surface area contributed by atoms with Gasteiger partial charge in [-0.15, -0.1) is 0 Å². The van der Waals surface area contributed by atoms with Gasteiger partial charge in [0, 0.05) is 41.4 Å². The predicted molar refractivity (Wildman–Crippen MR) is 155 cm³/mol. The Morgan fingerprint density at radius 3 is 2.50 bits per heavy atom. The molecule has 1 fully saturated rings. The summed E-state index contributed by atoms with van der Waals surface area (Å²) in [6.07, 6.45) is 2.19. The molecular weight excluding hydrogens is 494 g/mol. The van der Waals surface area contributed by atoms with Crippen molar-refractivity contribution in [3.63, 3.8) is 0 Å². The Labute approximate surface area is 228 Å². The van der Waals surface area contributed by atoms with Gasteiger partial charge in [0.05, 0.1) is 30.6 Å². The van der Waals surface area contributed by atoms with Gasteiger partial charge in [0.25, 0.3) is 0 Å². The van der Waals surface area contributed by atoms with Gasteiger partial charge in [-0.25, -0.2) is 0 Å². The first-order valence-electron chi connectivity index (χ1n) is 12.7. The molecule has 194 valence electrons. The average Bonchev–Trinajstić information content (AvgIpc) is 3.44. The minimum atomic E-state index is -0.168. The fourth-order valence-corrected chi connectivity index (χ4v) is 5.53. The van der Waals surface area contributed by atoms with E-state index in [2.05, 4.69) is 57.1 Å². The molecule has 2 aromatic heterocycles. The second-order valence-corrected chi connectivity index (χ2v) is 9.67. The van der Waals surface area contributed by atoms with Crippen LogP contribution < -0.4 is 20.3 Å². The number of aromatic nitrogens is 2. The standard InChI is InChI=1S/C30H31N5O2S/c1-5-27(36)32-24-15-14-22(18-26(24)37-4)35-29(28(33-30(35)38)25-13-9-10-16-31-25)23-17-19(2)34(20(23)3)21-11-7-6-8-12-21/h6-18,28-29H,5H2,1-4H3,(H,32,36)(H,33,38). The molecule has 2 aromatic carbocycles. The fraction of sp³-hybridized carbons (Fsp3) is 0.233. The third-order valence-corrected chi connectivity index (χ3v) is 7.27. The molecule has 0 aliphatic carbocycles. The van der Waals surface area contributed by atoms with Crippen molar-refractivity contribution in [3.05, 3.63) is 102 Å². The van der Waals surface area contributed by atoms with Crippen LogP contribution in [0.2, 0.25) is 0 Å². The summed E-state index contributed by atoms with van der Waals surface area (Å²) in [5, 5.41) is 7.04. The van der Waals surface area contributed by atoms with Gasteiger partial charge in [-0.3, -0.25) is 9.78 Å². The maximum atomic E-state index is 12.1. The van der Waals surface area contributed by atoms with E-state index in [1.165, 1.54) is 0 Å². The summed E-state index contributed by atoms with van der Waals surface area (Å²) in [4.78, 5) is 18.9. The highest BCUT2D eigenvalue weighted by Crippen LogP contribution is 2.45. The van der Waals surface area contributed by atoms with E-state index in [9.17, 15) is 4.79 Å². The molecule has 3 heterocycles. The van der Waals surface area contributed by atoms with Gasteiger partial charge < -0.3 is 24.8 Å². The van der Waals surface area contributed by atoms with E-state index in [0.29, 0.717) is 23.0 Å². The van der Waals surface area contributed by atoms with Crippen molar-refractivity contribution in [1.82, 2.24) is 14.9 Å². The van der Waals surface area contributed by atoms with Crippen LogP contribution in [0.25, 0.3) is 5.69 Å². The van der Waals surface area contributed by atoms with Crippen molar-refractivity contribution in [2.45, 2.75) is 39.3 Å². The highest BCUT2D eigenvalue weighted by Gasteiger charge is 2.42. The predicted octanol–water partition coefficient (Wildman–Crippen LogP) is 6.02. The number of nitrogens with one attached hydrogen (secondary N) is 2. The van der Waals surface area contributed by atoms with Crippen molar-refractivity contribution in [2.24, 2.45) is 0 Å². The third kappa shape index (κ3) is 4.63. The number of carbonyl (C=O) groups is 1. The lowest BCUT2D eigenvalue weighted by atomic mass is 9.96. The highest BCUT2D eigenvalue weighted by molar-refractivity contribution is 7.80. The summed E-state index contributed by atoms with van der Waals surface area (Å²) in [7, 11) is 1.60. The maximum absolute atomic E-state index is 12.1. The first kappa shape index (κ1) is 25.5. The van der Waals surface area contributed by atoms with Crippen molar-refractivity contribution in [2.75, 3.05) is 17.3 Å². The fourth-order valence-electron chi connectivity index (χ4n) is 5.18. The Morgan fingerprint density at radius 2 is 1.82 bits per heavy atom. The third-order valence-electron chi connectivity index (χ3n) is 6.96. The number of benzene rings is 2. The summed E-state index contributed by atoms with van der Waals surface area (Å²) in [6, 6.07) is 23.9. The van der Waals surface area contributed by atoms with Gasteiger partial charge in [0.2, 0.25) is 5.91 Å². The normalized spacial score (nSPS) is 16.8. The number of rotatable bonds is 7. The van der Waals surface area contributed by atoms with Crippen LogP contribution in [0.15, 0.2) is 79.0 Å². The van der Waals surface area contributed by atoms with Crippen LogP contribution in [0.1, 0.15) is 48.1 Å². The Morgan fingerprint density at radius 1 is 1.05 bits per heavy atom. The lowest BCUT2D eigenvalue weighted by molar-refractivity contribution is -0.115. The summed E-state index contributed by atoms with van der Waals surface area (Å²) in [5.74, 6) is 0.498. The van der Waals surface area contributed by atoms with E-state index >= 15 is 0 Å². The summed E-state index contributed by atoms with van der Waals surface area (Å²) in [6.45, 7) is 6.09. The quantitative estimate of drug-likeness (QED) is 0.288. The Kier molecular flexibility index (Phi) is 7.15. The Hall–Kier alpha value is -4.17. The second-order valence-electron chi connectivity index (χ2n) is 9.28. The highest BCUT2D eigenvalue weighted by atomic mass is 32.1. The Balaban J connectivity index is 1.64. The molecule has 0 radical (unpaired) electrons. The second kappa shape index (κ2) is 10.7.